The molecule has 1 amide bonds. The Morgan fingerprint density at radius 3 is 2.31 bits per heavy atom. The summed E-state index contributed by atoms with van der Waals surface area (Å²) >= 11 is 0. The number of carbonyl (C=O) groups excluding carboxylic acids is 1. The van der Waals surface area contributed by atoms with Gasteiger partial charge in [0.05, 0.1) is 24.8 Å². The molecule has 0 unspecified atom stereocenters. The third kappa shape index (κ3) is 5.95. The van der Waals surface area contributed by atoms with Gasteiger partial charge < -0.3 is 19.1 Å². The van der Waals surface area contributed by atoms with E-state index < -0.39 is 5.60 Å². The van der Waals surface area contributed by atoms with Crippen LogP contribution in [-0.4, -0.2) is 53.4 Å². The van der Waals surface area contributed by atoms with E-state index in [1.807, 2.05) is 49.9 Å². The van der Waals surface area contributed by atoms with E-state index in [9.17, 15) is 4.79 Å². The first-order valence-electron chi connectivity index (χ1n) is 10.3. The van der Waals surface area contributed by atoms with Crippen molar-refractivity contribution in [1.82, 2.24) is 14.9 Å². The summed E-state index contributed by atoms with van der Waals surface area (Å²) in [6, 6.07) is 7.66. The highest BCUT2D eigenvalue weighted by atomic mass is 16.6. The van der Waals surface area contributed by atoms with Gasteiger partial charge in [0.2, 0.25) is 0 Å². The summed E-state index contributed by atoms with van der Waals surface area (Å²) in [6.45, 7) is 7.76. The summed E-state index contributed by atoms with van der Waals surface area (Å²) in [5.74, 6) is 1.45. The zero-order chi connectivity index (χ0) is 20.9. The van der Waals surface area contributed by atoms with Gasteiger partial charge in [-0.25, -0.2) is 14.8 Å². The molecule has 2 aromatic rings. The van der Waals surface area contributed by atoms with Crippen LogP contribution in [0, 0.1) is 5.92 Å². The van der Waals surface area contributed by atoms with Crippen LogP contribution in [0.2, 0.25) is 0 Å². The maximum Gasteiger partial charge on any atom is 0.410 e. The van der Waals surface area contributed by atoms with Gasteiger partial charge in [-0.05, 0) is 64.5 Å². The van der Waals surface area contributed by atoms with E-state index in [0.29, 0.717) is 24.3 Å². The number of amides is 1. The summed E-state index contributed by atoms with van der Waals surface area (Å²) in [5.41, 5.74) is 1.13. The van der Waals surface area contributed by atoms with Crippen molar-refractivity contribution in [3.8, 4) is 11.8 Å². The van der Waals surface area contributed by atoms with Gasteiger partial charge in [0.15, 0.2) is 0 Å². The molecule has 1 aromatic carbocycles. The Labute approximate surface area is 172 Å². The number of nitrogens with zero attached hydrogens (tertiary/aromatic N) is 3. The number of hydrogen-bond acceptors (Lipinski definition) is 6. The summed E-state index contributed by atoms with van der Waals surface area (Å²) < 4.78 is 16.6. The lowest BCUT2D eigenvalue weighted by Crippen LogP contribution is -2.41. The predicted octanol–water partition coefficient (Wildman–Crippen LogP) is 4.44. The Bertz CT molecular complexity index is 826. The molecule has 0 spiro atoms. The Kier molecular flexibility index (Phi) is 6.77. The van der Waals surface area contributed by atoms with Crippen molar-refractivity contribution in [2.24, 2.45) is 5.92 Å². The van der Waals surface area contributed by atoms with Gasteiger partial charge in [0.1, 0.15) is 5.60 Å². The first-order chi connectivity index (χ1) is 13.9. The van der Waals surface area contributed by atoms with Gasteiger partial charge in [-0.15, -0.1) is 0 Å². The molecule has 0 aliphatic carbocycles. The average Bonchev–Trinajstić information content (AvgIpc) is 2.69. The lowest BCUT2D eigenvalue weighted by atomic mass is 9.92. The van der Waals surface area contributed by atoms with Crippen molar-refractivity contribution in [1.29, 1.82) is 0 Å². The van der Waals surface area contributed by atoms with Gasteiger partial charge in [-0.3, -0.25) is 0 Å². The molecular formula is C22H31N3O4. The second-order valence-corrected chi connectivity index (χ2v) is 8.43. The number of para-hydroxylation sites is 2. The minimum atomic E-state index is -0.446. The molecule has 1 aliphatic heterocycles. The molecule has 158 valence electrons. The molecule has 0 radical (unpaired) electrons. The number of hydrogen-bond donors (Lipinski definition) is 0. The first kappa shape index (κ1) is 21.1. The van der Waals surface area contributed by atoms with Gasteiger partial charge in [-0.2, -0.15) is 0 Å². The highest BCUT2D eigenvalue weighted by Crippen LogP contribution is 2.27. The fraction of sp³-hybridized carbons (Fsp3) is 0.591. The molecule has 1 fully saturated rings. The second-order valence-electron chi connectivity index (χ2n) is 8.43. The highest BCUT2D eigenvalue weighted by Gasteiger charge is 2.26. The molecule has 1 aromatic heterocycles. The molecule has 7 nitrogen and oxygen atoms in total. The van der Waals surface area contributed by atoms with Crippen LogP contribution in [0.5, 0.6) is 11.8 Å². The number of benzene rings is 1. The molecule has 0 atom stereocenters. The summed E-state index contributed by atoms with van der Waals surface area (Å²) in [4.78, 5) is 22.9. The predicted molar refractivity (Wildman–Crippen MR) is 111 cm³/mol. The van der Waals surface area contributed by atoms with Crippen molar-refractivity contribution in [2.75, 3.05) is 26.8 Å². The van der Waals surface area contributed by atoms with Crippen molar-refractivity contribution >= 4 is 17.1 Å². The van der Waals surface area contributed by atoms with Crippen molar-refractivity contribution in [3.05, 3.63) is 24.3 Å². The monoisotopic (exact) mass is 401 g/mol. The molecule has 2 heterocycles. The molecule has 0 saturated carbocycles. The van der Waals surface area contributed by atoms with Crippen molar-refractivity contribution in [3.63, 3.8) is 0 Å². The van der Waals surface area contributed by atoms with Crippen molar-refractivity contribution < 1.29 is 19.0 Å². The summed E-state index contributed by atoms with van der Waals surface area (Å²) in [7, 11) is 1.57. The Hall–Kier alpha value is -2.57. The molecule has 1 saturated heterocycles. The molecule has 1 aliphatic rings. The third-order valence-corrected chi connectivity index (χ3v) is 4.96. The molecular weight excluding hydrogens is 370 g/mol. The van der Waals surface area contributed by atoms with Crippen molar-refractivity contribution in [2.45, 2.75) is 52.1 Å². The Morgan fingerprint density at radius 1 is 1.10 bits per heavy atom. The van der Waals surface area contributed by atoms with Gasteiger partial charge in [0.25, 0.3) is 11.8 Å². The van der Waals surface area contributed by atoms with E-state index >= 15 is 0 Å². The molecule has 7 heteroatoms. The lowest BCUT2D eigenvalue weighted by molar-refractivity contribution is 0.0179. The van der Waals surface area contributed by atoms with E-state index in [0.717, 1.165) is 49.8 Å². The minimum Gasteiger partial charge on any atom is -0.477 e. The van der Waals surface area contributed by atoms with Gasteiger partial charge in [-0.1, -0.05) is 12.1 Å². The smallest absolute Gasteiger partial charge is 0.410 e. The summed E-state index contributed by atoms with van der Waals surface area (Å²) in [5, 5.41) is 0. The second kappa shape index (κ2) is 9.29. The fourth-order valence-electron chi connectivity index (χ4n) is 3.47. The number of rotatable bonds is 6. The molecule has 0 bridgehead atoms. The van der Waals surface area contributed by atoms with E-state index in [2.05, 4.69) is 9.97 Å². The number of aromatic nitrogens is 2. The average molecular weight is 402 g/mol. The normalized spacial score (nSPS) is 15.4. The number of methoxy groups -OCH3 is 1. The van der Waals surface area contributed by atoms with Crippen LogP contribution >= 0.6 is 0 Å². The minimum absolute atomic E-state index is 0.207. The molecule has 29 heavy (non-hydrogen) atoms. The van der Waals surface area contributed by atoms with Crippen LogP contribution in [0.4, 0.5) is 4.79 Å². The number of likely N-dealkylation sites (tertiary alicyclic amines) is 1. The van der Waals surface area contributed by atoms with E-state index in [4.69, 9.17) is 14.2 Å². The van der Waals surface area contributed by atoms with E-state index in [1.165, 1.54) is 0 Å². The summed E-state index contributed by atoms with van der Waals surface area (Å²) in [6.07, 6.45) is 3.78. The van der Waals surface area contributed by atoms with Crippen LogP contribution < -0.4 is 9.47 Å². The zero-order valence-corrected chi connectivity index (χ0v) is 17.8. The van der Waals surface area contributed by atoms with Gasteiger partial charge >= 0.3 is 6.09 Å². The van der Waals surface area contributed by atoms with E-state index in [1.54, 1.807) is 7.11 Å². The van der Waals surface area contributed by atoms with Crippen LogP contribution in [-0.2, 0) is 4.74 Å². The maximum atomic E-state index is 12.2. The highest BCUT2D eigenvalue weighted by molar-refractivity contribution is 5.75. The third-order valence-electron chi connectivity index (χ3n) is 4.96. The number of carbonyl (C=O) groups is 1. The molecule has 3 rings (SSSR count). The SMILES string of the molecule is COc1nc2ccccc2nc1OCCCC1CCN(C(=O)OC(C)(C)C)CC1. The fourth-order valence-corrected chi connectivity index (χ4v) is 3.47. The van der Waals surface area contributed by atoms with Crippen LogP contribution in [0.1, 0.15) is 46.5 Å². The maximum absolute atomic E-state index is 12.2. The number of fused-ring (bicyclic) bond motifs is 1. The van der Waals surface area contributed by atoms with Crippen LogP contribution in [0.3, 0.4) is 0 Å². The largest absolute Gasteiger partial charge is 0.477 e. The zero-order valence-electron chi connectivity index (χ0n) is 17.8. The molecule has 0 N–H and O–H groups in total. The van der Waals surface area contributed by atoms with Crippen LogP contribution in [0.15, 0.2) is 24.3 Å². The Balaban J connectivity index is 1.43. The van der Waals surface area contributed by atoms with Gasteiger partial charge in [0, 0.05) is 13.1 Å². The van der Waals surface area contributed by atoms with E-state index in [-0.39, 0.29) is 6.09 Å². The number of piperidine rings is 1. The topological polar surface area (TPSA) is 73.8 Å². The Morgan fingerprint density at radius 2 is 1.72 bits per heavy atom. The van der Waals surface area contributed by atoms with Crippen LogP contribution in [0.25, 0.3) is 11.0 Å². The lowest BCUT2D eigenvalue weighted by Gasteiger charge is -2.33. The standard InChI is InChI=1S/C22H31N3O4/c1-22(2,3)29-21(26)25-13-11-16(12-14-25)8-7-15-28-20-19(27-4)23-17-9-5-6-10-18(17)24-20/h5-6,9-10,16H,7-8,11-15H2,1-4H3. The first-order valence-corrected chi connectivity index (χ1v) is 10.3. The quantitative estimate of drug-likeness (QED) is 0.666. The number of ether oxygens (including phenoxy) is 3.